The fraction of sp³-hybridized carbons (Fsp3) is 0.611. The lowest BCUT2D eigenvalue weighted by molar-refractivity contribution is -0.138. The average Bonchev–Trinajstić information content (AvgIpc) is 2.59. The van der Waals surface area contributed by atoms with Crippen LogP contribution in [0.5, 0.6) is 0 Å². The zero-order valence-electron chi connectivity index (χ0n) is 15.9. The number of hydrogen-bond donors (Lipinski definition) is 2. The summed E-state index contributed by atoms with van der Waals surface area (Å²) in [7, 11) is 0. The Labute approximate surface area is 175 Å². The summed E-state index contributed by atoms with van der Waals surface area (Å²) in [5.41, 5.74) is 0.0988. The van der Waals surface area contributed by atoms with Crippen LogP contribution in [-0.2, 0) is 17.5 Å². The Morgan fingerprint density at radius 3 is 2.48 bits per heavy atom. The van der Waals surface area contributed by atoms with Gasteiger partial charge in [0.05, 0.1) is 25.3 Å². The minimum atomic E-state index is -4.42. The summed E-state index contributed by atoms with van der Waals surface area (Å²) in [6, 6.07) is 4.61. The van der Waals surface area contributed by atoms with E-state index in [0.29, 0.717) is 44.5 Å². The van der Waals surface area contributed by atoms with E-state index >= 15 is 0 Å². The van der Waals surface area contributed by atoms with Gasteiger partial charge in [0.1, 0.15) is 0 Å². The van der Waals surface area contributed by atoms with E-state index in [0.717, 1.165) is 0 Å². The molecule has 2 N–H and O–H groups in total. The molecular formula is C18H28F3IN4O. The molecule has 0 aromatic heterocycles. The van der Waals surface area contributed by atoms with Crippen molar-refractivity contribution < 1.29 is 17.9 Å². The van der Waals surface area contributed by atoms with Crippen LogP contribution in [0.2, 0.25) is 0 Å². The van der Waals surface area contributed by atoms with Gasteiger partial charge in [-0.15, -0.1) is 24.0 Å². The number of anilines is 1. The molecule has 1 heterocycles. The molecule has 1 aliphatic heterocycles. The monoisotopic (exact) mass is 500 g/mol. The highest BCUT2D eigenvalue weighted by molar-refractivity contribution is 14.0. The third-order valence-corrected chi connectivity index (χ3v) is 3.95. The summed E-state index contributed by atoms with van der Waals surface area (Å²) in [5.74, 6) is 0.507. The number of ether oxygens (including phenoxy) is 1. The van der Waals surface area contributed by atoms with Crippen molar-refractivity contribution in [2.75, 3.05) is 37.7 Å². The lowest BCUT2D eigenvalue weighted by atomic mass is 10.1. The van der Waals surface area contributed by atoms with Crippen LogP contribution in [0.25, 0.3) is 0 Å². The van der Waals surface area contributed by atoms with Gasteiger partial charge >= 0.3 is 6.18 Å². The van der Waals surface area contributed by atoms with E-state index in [-0.39, 0.29) is 42.1 Å². The van der Waals surface area contributed by atoms with Crippen molar-refractivity contribution >= 4 is 35.6 Å². The second-order valence-corrected chi connectivity index (χ2v) is 6.43. The van der Waals surface area contributed by atoms with Crippen molar-refractivity contribution in [2.45, 2.75) is 39.5 Å². The summed E-state index contributed by atoms with van der Waals surface area (Å²) < 4.78 is 45.9. The van der Waals surface area contributed by atoms with Gasteiger partial charge in [0.15, 0.2) is 5.96 Å². The first kappa shape index (κ1) is 23.8. The highest BCUT2D eigenvalue weighted by Gasteiger charge is 2.34. The van der Waals surface area contributed by atoms with Gasteiger partial charge in [0.25, 0.3) is 0 Å². The van der Waals surface area contributed by atoms with Crippen LogP contribution in [0, 0.1) is 0 Å². The molecule has 0 saturated carbocycles. The summed E-state index contributed by atoms with van der Waals surface area (Å²) >= 11 is 0. The molecule has 0 spiro atoms. The van der Waals surface area contributed by atoms with Gasteiger partial charge in [-0.3, -0.25) is 0 Å². The fourth-order valence-corrected chi connectivity index (χ4v) is 2.74. The molecule has 1 fully saturated rings. The Kier molecular flexibility index (Phi) is 9.65. The van der Waals surface area contributed by atoms with E-state index in [1.807, 2.05) is 25.7 Å². The van der Waals surface area contributed by atoms with Crippen molar-refractivity contribution in [3.05, 3.63) is 29.3 Å². The Morgan fingerprint density at radius 1 is 1.26 bits per heavy atom. The van der Waals surface area contributed by atoms with Crippen molar-refractivity contribution in [2.24, 2.45) is 4.99 Å². The number of alkyl halides is 3. The van der Waals surface area contributed by atoms with Gasteiger partial charge in [-0.25, -0.2) is 4.99 Å². The van der Waals surface area contributed by atoms with Crippen molar-refractivity contribution in [1.82, 2.24) is 10.6 Å². The Hall–Kier alpha value is -1.23. The molecule has 9 heteroatoms. The summed E-state index contributed by atoms with van der Waals surface area (Å²) in [6.45, 7) is 8.66. The van der Waals surface area contributed by atoms with Gasteiger partial charge in [-0.05, 0) is 38.5 Å². The molecule has 0 unspecified atom stereocenters. The molecule has 1 saturated heterocycles. The Morgan fingerprint density at radius 2 is 1.93 bits per heavy atom. The quantitative estimate of drug-likeness (QED) is 0.369. The molecule has 2 rings (SSSR count). The Bertz CT molecular complexity index is 617. The topological polar surface area (TPSA) is 48.9 Å². The predicted octanol–water partition coefficient (Wildman–Crippen LogP) is 3.62. The number of hydrogen-bond acceptors (Lipinski definition) is 3. The molecule has 154 valence electrons. The SMILES string of the molecule is CCNC(=NCc1ccc(N2CCOCC2)cc1C(F)(F)F)NC(C)C.I. The molecule has 0 amide bonds. The molecule has 0 bridgehead atoms. The van der Waals surface area contributed by atoms with Crippen molar-refractivity contribution in [1.29, 1.82) is 0 Å². The normalized spacial score (nSPS) is 15.5. The maximum atomic E-state index is 13.6. The van der Waals surface area contributed by atoms with Crippen LogP contribution < -0.4 is 15.5 Å². The maximum Gasteiger partial charge on any atom is 0.416 e. The van der Waals surface area contributed by atoms with E-state index in [1.165, 1.54) is 12.1 Å². The number of rotatable bonds is 5. The van der Waals surface area contributed by atoms with E-state index in [2.05, 4.69) is 15.6 Å². The largest absolute Gasteiger partial charge is 0.416 e. The summed E-state index contributed by atoms with van der Waals surface area (Å²) in [6.07, 6.45) is -4.42. The Balaban J connectivity index is 0.00000364. The molecule has 0 aliphatic carbocycles. The van der Waals surface area contributed by atoms with Gasteiger partial charge in [0, 0.05) is 31.4 Å². The van der Waals surface area contributed by atoms with E-state index in [9.17, 15) is 13.2 Å². The minimum Gasteiger partial charge on any atom is -0.378 e. The number of nitrogens with one attached hydrogen (secondary N) is 2. The number of halogens is 4. The summed E-state index contributed by atoms with van der Waals surface area (Å²) in [4.78, 5) is 6.21. The van der Waals surface area contributed by atoms with Gasteiger partial charge in [0.2, 0.25) is 0 Å². The first-order valence-corrected chi connectivity index (χ1v) is 8.89. The lowest BCUT2D eigenvalue weighted by Crippen LogP contribution is -2.41. The number of morpholine rings is 1. The second kappa shape index (κ2) is 10.9. The molecular weight excluding hydrogens is 472 g/mol. The van der Waals surface area contributed by atoms with E-state index < -0.39 is 11.7 Å². The van der Waals surface area contributed by atoms with Gasteiger partial charge in [-0.2, -0.15) is 13.2 Å². The molecule has 27 heavy (non-hydrogen) atoms. The smallest absolute Gasteiger partial charge is 0.378 e. The third kappa shape index (κ3) is 7.36. The van der Waals surface area contributed by atoms with E-state index in [4.69, 9.17) is 4.74 Å². The van der Waals surface area contributed by atoms with Crippen LogP contribution in [-0.4, -0.2) is 44.8 Å². The van der Waals surface area contributed by atoms with E-state index in [1.54, 1.807) is 6.07 Å². The number of aliphatic imine (C=N–C) groups is 1. The second-order valence-electron chi connectivity index (χ2n) is 6.43. The number of benzene rings is 1. The molecule has 5 nitrogen and oxygen atoms in total. The van der Waals surface area contributed by atoms with Crippen molar-refractivity contribution in [3.63, 3.8) is 0 Å². The highest BCUT2D eigenvalue weighted by atomic mass is 127. The molecule has 0 atom stereocenters. The highest BCUT2D eigenvalue weighted by Crippen LogP contribution is 2.35. The van der Waals surface area contributed by atoms with Gasteiger partial charge in [-0.1, -0.05) is 6.07 Å². The maximum absolute atomic E-state index is 13.6. The van der Waals surface area contributed by atoms with Crippen LogP contribution in [0.4, 0.5) is 18.9 Å². The minimum absolute atomic E-state index is 0. The van der Waals surface area contributed by atoms with Crippen LogP contribution in [0.15, 0.2) is 23.2 Å². The molecule has 0 radical (unpaired) electrons. The number of guanidine groups is 1. The van der Waals surface area contributed by atoms with Crippen LogP contribution >= 0.6 is 24.0 Å². The average molecular weight is 500 g/mol. The zero-order chi connectivity index (χ0) is 19.2. The first-order valence-electron chi connectivity index (χ1n) is 8.89. The third-order valence-electron chi connectivity index (χ3n) is 3.95. The van der Waals surface area contributed by atoms with Crippen LogP contribution in [0.3, 0.4) is 0 Å². The first-order chi connectivity index (χ1) is 12.3. The zero-order valence-corrected chi connectivity index (χ0v) is 18.2. The predicted molar refractivity (Wildman–Crippen MR) is 113 cm³/mol. The van der Waals surface area contributed by atoms with Gasteiger partial charge < -0.3 is 20.3 Å². The standard InChI is InChI=1S/C18H27F3N4O.HI/c1-4-22-17(24-13(2)3)23-12-14-5-6-15(11-16(14)18(19,20)21)25-7-9-26-10-8-25;/h5-6,11,13H,4,7-10,12H2,1-3H3,(H2,22,23,24);1H. The molecule has 1 aromatic rings. The summed E-state index contributed by atoms with van der Waals surface area (Å²) in [5, 5.41) is 6.15. The lowest BCUT2D eigenvalue weighted by Gasteiger charge is -2.29. The van der Waals surface area contributed by atoms with Crippen molar-refractivity contribution in [3.8, 4) is 0 Å². The van der Waals surface area contributed by atoms with Crippen LogP contribution in [0.1, 0.15) is 31.9 Å². The molecule has 1 aromatic carbocycles. The fourth-order valence-electron chi connectivity index (χ4n) is 2.74. The molecule has 1 aliphatic rings. The number of nitrogens with zero attached hydrogens (tertiary/aromatic N) is 2.